The standard InChI is InChI=1S/C34H37ClN6O2S/c1-22-23(2)44-34-31(22)32(25-13-15-26(35)16-14-25)40-29(33(38)41(34)24(3)37)21-30(42)39-20-10-12-28-18-17-27(43-28)11-8-6-4-5-7-9-19-36/h13-18,29,37-38H,4-7,9,19-21,36H2,1-3H3,(H,39,42)/t29-/m0/s1. The van der Waals surface area contributed by atoms with Crippen LogP contribution in [0.4, 0.5) is 5.00 Å². The number of unbranched alkanes of at least 4 members (excludes halogenated alkanes) is 4. The van der Waals surface area contributed by atoms with Gasteiger partial charge in [-0.15, -0.1) is 11.3 Å². The lowest BCUT2D eigenvalue weighted by molar-refractivity contribution is -0.120. The van der Waals surface area contributed by atoms with E-state index in [1.165, 1.54) is 11.3 Å². The van der Waals surface area contributed by atoms with E-state index in [0.29, 0.717) is 22.3 Å². The van der Waals surface area contributed by atoms with E-state index in [4.69, 9.17) is 37.6 Å². The molecule has 228 valence electrons. The van der Waals surface area contributed by atoms with Crippen LogP contribution in [0.25, 0.3) is 0 Å². The maximum Gasteiger partial charge on any atom is 0.223 e. The third-order valence-electron chi connectivity index (χ3n) is 7.14. The number of carbonyl (C=O) groups excluding carboxylic acids is 1. The number of aryl methyl sites for hydroxylation is 1. The van der Waals surface area contributed by atoms with Gasteiger partial charge in [0.25, 0.3) is 0 Å². The number of amidine groups is 2. The molecule has 0 bridgehead atoms. The highest BCUT2D eigenvalue weighted by molar-refractivity contribution is 7.17. The van der Waals surface area contributed by atoms with Gasteiger partial charge < -0.3 is 15.5 Å². The smallest absolute Gasteiger partial charge is 0.223 e. The molecule has 0 unspecified atom stereocenters. The van der Waals surface area contributed by atoms with Crippen LogP contribution in [-0.4, -0.2) is 42.4 Å². The maximum absolute atomic E-state index is 13.0. The summed E-state index contributed by atoms with van der Waals surface area (Å²) in [5, 5.41) is 21.7. The van der Waals surface area contributed by atoms with Crippen molar-refractivity contribution in [1.29, 1.82) is 10.8 Å². The number of furan rings is 1. The molecule has 8 nitrogen and oxygen atoms in total. The van der Waals surface area contributed by atoms with Gasteiger partial charge in [0.2, 0.25) is 5.91 Å². The van der Waals surface area contributed by atoms with Crippen LogP contribution in [0.3, 0.4) is 0 Å². The molecule has 44 heavy (non-hydrogen) atoms. The number of thiophene rings is 1. The number of hydrogen-bond donors (Lipinski definition) is 4. The van der Waals surface area contributed by atoms with E-state index in [2.05, 4.69) is 29.0 Å². The third-order valence-corrected chi connectivity index (χ3v) is 8.58. The van der Waals surface area contributed by atoms with E-state index in [-0.39, 0.29) is 30.5 Å². The lowest BCUT2D eigenvalue weighted by atomic mass is 9.99. The summed E-state index contributed by atoms with van der Waals surface area (Å²) in [4.78, 5) is 20.7. The maximum atomic E-state index is 13.0. The average Bonchev–Trinajstić information content (AvgIpc) is 3.53. The van der Waals surface area contributed by atoms with E-state index < -0.39 is 6.04 Å². The number of anilines is 1. The predicted molar refractivity (Wildman–Crippen MR) is 181 cm³/mol. The second-order valence-corrected chi connectivity index (χ2v) is 12.1. The minimum Gasteiger partial charge on any atom is -0.439 e. The first-order chi connectivity index (χ1) is 21.2. The fraction of sp³-hybridized carbons (Fsp3) is 0.353. The van der Waals surface area contributed by atoms with Gasteiger partial charge in [-0.1, -0.05) is 48.4 Å². The van der Waals surface area contributed by atoms with Crippen LogP contribution >= 0.6 is 22.9 Å². The van der Waals surface area contributed by atoms with Crippen LogP contribution in [-0.2, 0) is 4.79 Å². The Bertz CT molecular complexity index is 1680. The second-order valence-electron chi connectivity index (χ2n) is 10.5. The molecule has 2 aromatic heterocycles. The number of carbonyl (C=O) groups is 1. The molecule has 0 saturated carbocycles. The summed E-state index contributed by atoms with van der Waals surface area (Å²) in [6.45, 7) is 6.52. The highest BCUT2D eigenvalue weighted by atomic mass is 35.5. The zero-order valence-corrected chi connectivity index (χ0v) is 26.8. The van der Waals surface area contributed by atoms with Crippen molar-refractivity contribution < 1.29 is 9.21 Å². The Balaban J connectivity index is 1.44. The second kappa shape index (κ2) is 15.5. The molecule has 10 heteroatoms. The van der Waals surface area contributed by atoms with E-state index >= 15 is 0 Å². The Morgan fingerprint density at radius 1 is 1.09 bits per heavy atom. The fourth-order valence-corrected chi connectivity index (χ4v) is 6.09. The Labute approximate surface area is 268 Å². The molecule has 1 aliphatic heterocycles. The number of aliphatic imine (C=N–C) groups is 1. The molecule has 1 aliphatic rings. The lowest BCUT2D eigenvalue weighted by Gasteiger charge is -2.24. The number of nitrogens with two attached hydrogens (primary N) is 1. The first kappa shape index (κ1) is 32.8. The Morgan fingerprint density at radius 2 is 1.77 bits per heavy atom. The molecule has 0 aliphatic carbocycles. The summed E-state index contributed by atoms with van der Waals surface area (Å²) < 4.78 is 5.67. The molecule has 1 amide bonds. The molecule has 5 N–H and O–H groups in total. The first-order valence-corrected chi connectivity index (χ1v) is 15.8. The van der Waals surface area contributed by atoms with Crippen molar-refractivity contribution in [1.82, 2.24) is 5.32 Å². The van der Waals surface area contributed by atoms with E-state index in [1.54, 1.807) is 36.1 Å². The normalized spacial score (nSPS) is 14.0. The lowest BCUT2D eigenvalue weighted by Crippen LogP contribution is -2.42. The van der Waals surface area contributed by atoms with Gasteiger partial charge >= 0.3 is 0 Å². The minimum absolute atomic E-state index is 0.0684. The van der Waals surface area contributed by atoms with Crippen LogP contribution < -0.4 is 16.0 Å². The van der Waals surface area contributed by atoms with Gasteiger partial charge in [0.1, 0.15) is 22.7 Å². The number of fused-ring (bicyclic) bond motifs is 1. The zero-order valence-electron chi connectivity index (χ0n) is 25.3. The van der Waals surface area contributed by atoms with Gasteiger partial charge in [-0.3, -0.25) is 25.5 Å². The van der Waals surface area contributed by atoms with Gasteiger partial charge in [0, 0.05) is 27.4 Å². The van der Waals surface area contributed by atoms with Gasteiger partial charge in [-0.2, -0.15) is 0 Å². The van der Waals surface area contributed by atoms with Gasteiger partial charge in [-0.05, 0) is 81.8 Å². The average molecular weight is 629 g/mol. The van der Waals surface area contributed by atoms with Crippen molar-refractivity contribution >= 4 is 51.2 Å². The Morgan fingerprint density at radius 3 is 2.45 bits per heavy atom. The topological polar surface area (TPSA) is 132 Å². The summed E-state index contributed by atoms with van der Waals surface area (Å²) in [5.41, 5.74) is 8.92. The first-order valence-electron chi connectivity index (χ1n) is 14.6. The van der Waals surface area contributed by atoms with Gasteiger partial charge in [-0.25, -0.2) is 0 Å². The number of nitrogens with one attached hydrogen (secondary N) is 3. The summed E-state index contributed by atoms with van der Waals surface area (Å²) in [5.74, 6) is 13.0. The van der Waals surface area contributed by atoms with E-state index in [0.717, 1.165) is 65.2 Å². The van der Waals surface area contributed by atoms with Crippen molar-refractivity contribution in [2.24, 2.45) is 10.7 Å². The van der Waals surface area contributed by atoms with Crippen molar-refractivity contribution in [3.8, 4) is 23.7 Å². The van der Waals surface area contributed by atoms with Crippen LogP contribution in [0.15, 0.2) is 45.8 Å². The number of halogens is 1. The minimum atomic E-state index is -0.805. The number of benzene rings is 1. The summed E-state index contributed by atoms with van der Waals surface area (Å²) in [7, 11) is 0. The van der Waals surface area contributed by atoms with Crippen LogP contribution in [0, 0.1) is 48.3 Å². The number of amides is 1. The molecule has 0 saturated heterocycles. The zero-order chi connectivity index (χ0) is 31.6. The summed E-state index contributed by atoms with van der Waals surface area (Å²) >= 11 is 7.68. The number of nitrogens with zero attached hydrogens (tertiary/aromatic N) is 2. The quantitative estimate of drug-likeness (QED) is 0.0941. The Kier molecular flexibility index (Phi) is 11.6. The highest BCUT2D eigenvalue weighted by Crippen LogP contribution is 2.40. The SMILES string of the molecule is CC(=N)N1C(=N)[C@H](CC(=O)NCC#Cc2ccc(C#CCCCCCCN)o2)N=C(c2ccc(Cl)cc2)c2c1sc(C)c2C. The molecule has 1 aromatic carbocycles. The largest absolute Gasteiger partial charge is 0.439 e. The highest BCUT2D eigenvalue weighted by Gasteiger charge is 2.34. The van der Waals surface area contributed by atoms with Gasteiger partial charge in [0.05, 0.1) is 18.7 Å². The molecule has 0 spiro atoms. The van der Waals surface area contributed by atoms with E-state index in [1.807, 2.05) is 26.0 Å². The molecule has 4 rings (SSSR count). The molecule has 3 heterocycles. The molecular weight excluding hydrogens is 592 g/mol. The van der Waals surface area contributed by atoms with Crippen LogP contribution in [0.1, 0.15) is 78.5 Å². The molecular formula is C34H37ClN6O2S. The van der Waals surface area contributed by atoms with Crippen LogP contribution in [0.5, 0.6) is 0 Å². The fourth-order valence-electron chi connectivity index (χ4n) is 4.74. The Hall–Kier alpha value is -4.15. The van der Waals surface area contributed by atoms with Crippen molar-refractivity contribution in [2.75, 3.05) is 18.0 Å². The number of hydrogen-bond acceptors (Lipinski definition) is 7. The van der Waals surface area contributed by atoms with Gasteiger partial charge in [0.15, 0.2) is 11.5 Å². The third kappa shape index (κ3) is 8.27. The molecule has 1 atom stereocenters. The van der Waals surface area contributed by atoms with Crippen molar-refractivity contribution in [2.45, 2.75) is 65.3 Å². The monoisotopic (exact) mass is 628 g/mol. The van der Waals surface area contributed by atoms with Crippen LogP contribution in [0.2, 0.25) is 5.02 Å². The number of rotatable bonds is 9. The summed E-state index contributed by atoms with van der Waals surface area (Å²) in [6, 6.07) is 10.1. The van der Waals surface area contributed by atoms with Crippen molar-refractivity contribution in [3.05, 3.63) is 74.5 Å². The molecule has 3 aromatic rings. The van der Waals surface area contributed by atoms with E-state index in [9.17, 15) is 4.79 Å². The molecule has 0 radical (unpaired) electrons. The molecule has 0 fully saturated rings. The summed E-state index contributed by atoms with van der Waals surface area (Å²) in [6.07, 6.45) is 5.10. The van der Waals surface area contributed by atoms with Crippen molar-refractivity contribution in [3.63, 3.8) is 0 Å². The predicted octanol–water partition coefficient (Wildman–Crippen LogP) is 6.43.